The molecule has 0 aromatic heterocycles. The first-order valence-corrected chi connectivity index (χ1v) is 5.02. The number of Topliss-reactive ketones (excluding diaryl/α,β-unsaturated/α-hetero) is 1. The number of benzene rings is 1. The first-order valence-electron chi connectivity index (χ1n) is 5.02. The molecule has 1 rings (SSSR count). The molecular weight excluding hydrogens is 174 g/mol. The molecule has 0 spiro atoms. The lowest BCUT2D eigenvalue weighted by Gasteiger charge is -2.08. The van der Waals surface area contributed by atoms with Crippen molar-refractivity contribution in [2.75, 3.05) is 6.54 Å². The van der Waals surface area contributed by atoms with Crippen molar-refractivity contribution in [1.29, 1.82) is 0 Å². The van der Waals surface area contributed by atoms with Crippen molar-refractivity contribution >= 4 is 5.78 Å². The molecule has 0 bridgehead atoms. The van der Waals surface area contributed by atoms with Crippen molar-refractivity contribution in [1.82, 2.24) is 0 Å². The highest BCUT2D eigenvalue weighted by atomic mass is 16.1. The Balaban J connectivity index is 2.83. The molecule has 0 aliphatic carbocycles. The number of nitrogens with two attached hydrogens (primary N) is 1. The average molecular weight is 191 g/mol. The molecule has 0 heterocycles. The predicted octanol–water partition coefficient (Wildman–Crippen LogP) is 2.34. The Hall–Kier alpha value is -1.15. The number of carbonyl (C=O) groups excluding carboxylic acids is 1. The standard InChI is InChI=1S/C12H17NO/c1-3-9(2)10-4-6-11(7-5-10)12(14)8-13/h4-7,9H,3,8,13H2,1-2H3. The molecule has 14 heavy (non-hydrogen) atoms. The van der Waals surface area contributed by atoms with Crippen molar-refractivity contribution in [2.45, 2.75) is 26.2 Å². The summed E-state index contributed by atoms with van der Waals surface area (Å²) in [5, 5.41) is 0. The van der Waals surface area contributed by atoms with Gasteiger partial charge in [-0.3, -0.25) is 4.79 Å². The van der Waals surface area contributed by atoms with Crippen LogP contribution in [0.1, 0.15) is 42.1 Å². The zero-order valence-electron chi connectivity index (χ0n) is 8.79. The van der Waals surface area contributed by atoms with E-state index in [2.05, 4.69) is 13.8 Å². The van der Waals surface area contributed by atoms with Gasteiger partial charge in [0.1, 0.15) is 0 Å². The SMILES string of the molecule is CCC(C)c1ccc(C(=O)CN)cc1. The van der Waals surface area contributed by atoms with E-state index in [1.165, 1.54) is 5.56 Å². The van der Waals surface area contributed by atoms with Crippen molar-refractivity contribution in [2.24, 2.45) is 5.73 Å². The molecule has 0 fully saturated rings. The van der Waals surface area contributed by atoms with E-state index < -0.39 is 0 Å². The highest BCUT2D eigenvalue weighted by Crippen LogP contribution is 2.18. The molecule has 1 unspecified atom stereocenters. The van der Waals surface area contributed by atoms with E-state index in [-0.39, 0.29) is 12.3 Å². The van der Waals surface area contributed by atoms with Crippen LogP contribution in [0.15, 0.2) is 24.3 Å². The van der Waals surface area contributed by atoms with Gasteiger partial charge in [-0.25, -0.2) is 0 Å². The first kappa shape index (κ1) is 10.9. The maximum absolute atomic E-state index is 11.2. The summed E-state index contributed by atoms with van der Waals surface area (Å²) in [5.41, 5.74) is 7.27. The summed E-state index contributed by atoms with van der Waals surface area (Å²) < 4.78 is 0. The van der Waals surface area contributed by atoms with Crippen LogP contribution < -0.4 is 5.73 Å². The van der Waals surface area contributed by atoms with E-state index in [1.807, 2.05) is 24.3 Å². The summed E-state index contributed by atoms with van der Waals surface area (Å²) in [5.74, 6) is 0.553. The van der Waals surface area contributed by atoms with Gasteiger partial charge in [-0.15, -0.1) is 0 Å². The van der Waals surface area contributed by atoms with E-state index >= 15 is 0 Å². The van der Waals surface area contributed by atoms with Gasteiger partial charge in [-0.05, 0) is 17.9 Å². The molecule has 2 nitrogen and oxygen atoms in total. The van der Waals surface area contributed by atoms with Crippen LogP contribution in [0.25, 0.3) is 0 Å². The van der Waals surface area contributed by atoms with Gasteiger partial charge in [0, 0.05) is 5.56 Å². The van der Waals surface area contributed by atoms with Gasteiger partial charge in [0.05, 0.1) is 6.54 Å². The van der Waals surface area contributed by atoms with E-state index in [0.717, 1.165) is 6.42 Å². The average Bonchev–Trinajstić information content (AvgIpc) is 2.27. The van der Waals surface area contributed by atoms with Crippen LogP contribution in [-0.2, 0) is 0 Å². The highest BCUT2D eigenvalue weighted by Gasteiger charge is 2.05. The highest BCUT2D eigenvalue weighted by molar-refractivity contribution is 5.97. The number of carbonyl (C=O) groups is 1. The summed E-state index contributed by atoms with van der Waals surface area (Å²) in [6.45, 7) is 4.42. The van der Waals surface area contributed by atoms with Gasteiger partial charge in [-0.2, -0.15) is 0 Å². The number of hydrogen-bond donors (Lipinski definition) is 1. The fourth-order valence-electron chi connectivity index (χ4n) is 1.35. The lowest BCUT2D eigenvalue weighted by molar-refractivity contribution is 0.100. The van der Waals surface area contributed by atoms with Crippen LogP contribution in [-0.4, -0.2) is 12.3 Å². The van der Waals surface area contributed by atoms with E-state index in [4.69, 9.17) is 5.73 Å². The van der Waals surface area contributed by atoms with Gasteiger partial charge >= 0.3 is 0 Å². The van der Waals surface area contributed by atoms with Gasteiger partial charge < -0.3 is 5.73 Å². The molecule has 0 saturated heterocycles. The Morgan fingerprint density at radius 3 is 2.36 bits per heavy atom. The second-order valence-corrected chi connectivity index (χ2v) is 3.56. The molecule has 2 N–H and O–H groups in total. The second-order valence-electron chi connectivity index (χ2n) is 3.56. The zero-order valence-corrected chi connectivity index (χ0v) is 8.79. The van der Waals surface area contributed by atoms with Gasteiger partial charge in [-0.1, -0.05) is 38.1 Å². The van der Waals surface area contributed by atoms with Crippen molar-refractivity contribution in [3.8, 4) is 0 Å². The van der Waals surface area contributed by atoms with Gasteiger partial charge in [0.15, 0.2) is 5.78 Å². The van der Waals surface area contributed by atoms with Crippen LogP contribution in [0.3, 0.4) is 0 Å². The van der Waals surface area contributed by atoms with E-state index in [9.17, 15) is 4.79 Å². The number of hydrogen-bond acceptors (Lipinski definition) is 2. The third-order valence-electron chi connectivity index (χ3n) is 2.60. The summed E-state index contributed by atoms with van der Waals surface area (Å²) in [6, 6.07) is 7.74. The quantitative estimate of drug-likeness (QED) is 0.742. The smallest absolute Gasteiger partial charge is 0.176 e. The first-order chi connectivity index (χ1) is 6.69. The fraction of sp³-hybridized carbons (Fsp3) is 0.417. The summed E-state index contributed by atoms with van der Waals surface area (Å²) >= 11 is 0. The summed E-state index contributed by atoms with van der Waals surface area (Å²) in [6.07, 6.45) is 1.12. The summed E-state index contributed by atoms with van der Waals surface area (Å²) in [4.78, 5) is 11.2. The Morgan fingerprint density at radius 2 is 1.93 bits per heavy atom. The van der Waals surface area contributed by atoms with Crippen molar-refractivity contribution < 1.29 is 4.79 Å². The molecule has 1 aromatic rings. The molecule has 0 amide bonds. The van der Waals surface area contributed by atoms with Crippen LogP contribution in [0.2, 0.25) is 0 Å². The molecule has 76 valence electrons. The molecule has 1 aromatic carbocycles. The minimum Gasteiger partial charge on any atom is -0.324 e. The number of rotatable bonds is 4. The van der Waals surface area contributed by atoms with Crippen molar-refractivity contribution in [3.63, 3.8) is 0 Å². The van der Waals surface area contributed by atoms with Gasteiger partial charge in [0.2, 0.25) is 0 Å². The van der Waals surface area contributed by atoms with Crippen LogP contribution >= 0.6 is 0 Å². The minimum atomic E-state index is 0.000650. The molecule has 0 saturated carbocycles. The normalized spacial score (nSPS) is 12.5. The Kier molecular flexibility index (Phi) is 3.84. The minimum absolute atomic E-state index is 0.000650. The third-order valence-corrected chi connectivity index (χ3v) is 2.60. The zero-order chi connectivity index (χ0) is 10.6. The molecular formula is C12H17NO. The van der Waals surface area contributed by atoms with Gasteiger partial charge in [0.25, 0.3) is 0 Å². The largest absolute Gasteiger partial charge is 0.324 e. The maximum Gasteiger partial charge on any atom is 0.176 e. The number of ketones is 1. The fourth-order valence-corrected chi connectivity index (χ4v) is 1.35. The second kappa shape index (κ2) is 4.91. The van der Waals surface area contributed by atoms with E-state index in [1.54, 1.807) is 0 Å². The molecule has 0 radical (unpaired) electrons. The third kappa shape index (κ3) is 2.42. The van der Waals surface area contributed by atoms with Crippen LogP contribution in [0.4, 0.5) is 0 Å². The molecule has 2 heteroatoms. The maximum atomic E-state index is 11.2. The van der Waals surface area contributed by atoms with E-state index in [0.29, 0.717) is 11.5 Å². The Labute approximate surface area is 85.1 Å². The Bertz CT molecular complexity index is 303. The molecule has 1 atom stereocenters. The van der Waals surface area contributed by atoms with Crippen LogP contribution in [0, 0.1) is 0 Å². The predicted molar refractivity (Wildman–Crippen MR) is 58.5 cm³/mol. The lowest BCUT2D eigenvalue weighted by atomic mass is 9.97. The van der Waals surface area contributed by atoms with Crippen LogP contribution in [0.5, 0.6) is 0 Å². The van der Waals surface area contributed by atoms with Crippen molar-refractivity contribution in [3.05, 3.63) is 35.4 Å². The molecule has 0 aliphatic rings. The topological polar surface area (TPSA) is 43.1 Å². The Morgan fingerprint density at radius 1 is 1.36 bits per heavy atom. The molecule has 0 aliphatic heterocycles. The monoisotopic (exact) mass is 191 g/mol. The lowest BCUT2D eigenvalue weighted by Crippen LogP contribution is -2.13. The summed E-state index contributed by atoms with van der Waals surface area (Å²) in [7, 11) is 0.